The van der Waals surface area contributed by atoms with Gasteiger partial charge >= 0.3 is 0 Å². The predicted octanol–water partition coefficient (Wildman–Crippen LogP) is 1.87. The third-order valence-corrected chi connectivity index (χ3v) is 3.32. The van der Waals surface area contributed by atoms with E-state index in [2.05, 4.69) is 11.8 Å². The number of ether oxygens (including phenoxy) is 2. The van der Waals surface area contributed by atoms with Crippen LogP contribution in [0.25, 0.3) is 0 Å². The maximum atomic E-state index is 5.55. The summed E-state index contributed by atoms with van der Waals surface area (Å²) in [4.78, 5) is 2.55. The maximum absolute atomic E-state index is 5.55. The van der Waals surface area contributed by atoms with E-state index in [-0.39, 0.29) is 6.29 Å². The van der Waals surface area contributed by atoms with Crippen molar-refractivity contribution in [3.8, 4) is 0 Å². The van der Waals surface area contributed by atoms with Crippen LogP contribution in [0, 0.1) is 5.92 Å². The number of piperidine rings is 1. The fourth-order valence-electron chi connectivity index (χ4n) is 2.48. The molecule has 0 N–H and O–H groups in total. The van der Waals surface area contributed by atoms with Gasteiger partial charge in [-0.1, -0.05) is 6.92 Å². The Morgan fingerprint density at radius 2 is 2.00 bits per heavy atom. The minimum absolute atomic E-state index is 0.0657. The average Bonchev–Trinajstić information content (AvgIpc) is 2.28. The number of hydrogen-bond donors (Lipinski definition) is 0. The van der Waals surface area contributed by atoms with Crippen LogP contribution >= 0.6 is 0 Å². The van der Waals surface area contributed by atoms with Gasteiger partial charge in [0.15, 0.2) is 6.29 Å². The first kappa shape index (κ1) is 11.4. The Labute approximate surface area is 92.7 Å². The van der Waals surface area contributed by atoms with Gasteiger partial charge in [0.1, 0.15) is 0 Å². The van der Waals surface area contributed by atoms with E-state index in [1.54, 1.807) is 0 Å². The molecule has 0 saturated carbocycles. The Hall–Kier alpha value is -0.120. The monoisotopic (exact) mass is 213 g/mol. The van der Waals surface area contributed by atoms with Crippen LogP contribution in [-0.2, 0) is 9.47 Å². The molecule has 0 aromatic heterocycles. The Bertz CT molecular complexity index is 180. The molecule has 0 aliphatic carbocycles. The molecular formula is C12H23NO2. The summed E-state index contributed by atoms with van der Waals surface area (Å²) in [7, 11) is 0. The molecule has 0 bridgehead atoms. The first-order valence-corrected chi connectivity index (χ1v) is 6.30. The second kappa shape index (κ2) is 5.83. The van der Waals surface area contributed by atoms with E-state index in [1.807, 2.05) is 0 Å². The quantitative estimate of drug-likeness (QED) is 0.714. The summed E-state index contributed by atoms with van der Waals surface area (Å²) in [6.45, 7) is 7.75. The lowest BCUT2D eigenvalue weighted by molar-refractivity contribution is -0.183. The van der Waals surface area contributed by atoms with Crippen LogP contribution in [0.2, 0.25) is 0 Å². The van der Waals surface area contributed by atoms with Crippen molar-refractivity contribution in [2.24, 2.45) is 5.92 Å². The highest BCUT2D eigenvalue weighted by Gasteiger charge is 2.19. The van der Waals surface area contributed by atoms with Crippen LogP contribution in [0.15, 0.2) is 0 Å². The van der Waals surface area contributed by atoms with Crippen molar-refractivity contribution in [2.45, 2.75) is 38.9 Å². The van der Waals surface area contributed by atoms with E-state index in [0.717, 1.165) is 38.5 Å². The summed E-state index contributed by atoms with van der Waals surface area (Å²) in [5.74, 6) is 0.868. The zero-order valence-electron chi connectivity index (χ0n) is 9.78. The second-order valence-corrected chi connectivity index (χ2v) is 4.86. The SMILES string of the molecule is CC1CCCN(CCC2OCCCO2)C1. The molecule has 3 heteroatoms. The summed E-state index contributed by atoms with van der Waals surface area (Å²) in [5, 5.41) is 0. The van der Waals surface area contributed by atoms with Gasteiger partial charge in [0.05, 0.1) is 13.2 Å². The lowest BCUT2D eigenvalue weighted by atomic mass is 10.0. The smallest absolute Gasteiger partial charge is 0.158 e. The third kappa shape index (κ3) is 3.74. The van der Waals surface area contributed by atoms with E-state index in [1.165, 1.54) is 25.9 Å². The largest absolute Gasteiger partial charge is 0.353 e. The van der Waals surface area contributed by atoms with Gasteiger partial charge in [-0.05, 0) is 31.7 Å². The van der Waals surface area contributed by atoms with Crippen LogP contribution in [0.1, 0.15) is 32.6 Å². The topological polar surface area (TPSA) is 21.7 Å². The molecule has 3 nitrogen and oxygen atoms in total. The molecule has 0 radical (unpaired) electrons. The molecule has 0 aromatic carbocycles. The molecule has 0 amide bonds. The molecule has 1 atom stereocenters. The Kier molecular flexibility index (Phi) is 4.42. The van der Waals surface area contributed by atoms with Crippen molar-refractivity contribution in [2.75, 3.05) is 32.8 Å². The van der Waals surface area contributed by atoms with Gasteiger partial charge in [-0.25, -0.2) is 0 Å². The van der Waals surface area contributed by atoms with E-state index < -0.39 is 0 Å². The summed E-state index contributed by atoms with van der Waals surface area (Å²) >= 11 is 0. The van der Waals surface area contributed by atoms with Crippen molar-refractivity contribution in [1.29, 1.82) is 0 Å². The molecule has 2 heterocycles. The van der Waals surface area contributed by atoms with Crippen LogP contribution in [0.5, 0.6) is 0 Å². The van der Waals surface area contributed by atoms with E-state index in [9.17, 15) is 0 Å². The van der Waals surface area contributed by atoms with Gasteiger partial charge in [-0.15, -0.1) is 0 Å². The highest BCUT2D eigenvalue weighted by atomic mass is 16.7. The molecule has 2 aliphatic heterocycles. The first-order valence-electron chi connectivity index (χ1n) is 6.30. The zero-order valence-corrected chi connectivity index (χ0v) is 9.78. The van der Waals surface area contributed by atoms with Gasteiger partial charge in [-0.3, -0.25) is 0 Å². The molecule has 0 spiro atoms. The molecule has 15 heavy (non-hydrogen) atoms. The molecule has 2 aliphatic rings. The summed E-state index contributed by atoms with van der Waals surface area (Å²) in [6, 6.07) is 0. The molecule has 0 aromatic rings. The third-order valence-electron chi connectivity index (χ3n) is 3.32. The van der Waals surface area contributed by atoms with Gasteiger partial charge in [0, 0.05) is 19.5 Å². The van der Waals surface area contributed by atoms with E-state index >= 15 is 0 Å². The number of hydrogen-bond acceptors (Lipinski definition) is 3. The Balaban J connectivity index is 1.63. The normalized spacial score (nSPS) is 30.6. The Morgan fingerprint density at radius 3 is 2.73 bits per heavy atom. The van der Waals surface area contributed by atoms with Gasteiger partial charge in [0.25, 0.3) is 0 Å². The van der Waals surface area contributed by atoms with E-state index in [4.69, 9.17) is 9.47 Å². The second-order valence-electron chi connectivity index (χ2n) is 4.86. The number of rotatable bonds is 3. The molecule has 2 rings (SSSR count). The predicted molar refractivity (Wildman–Crippen MR) is 59.8 cm³/mol. The molecule has 2 fully saturated rings. The highest BCUT2D eigenvalue weighted by Crippen LogP contribution is 2.17. The molecule has 1 unspecified atom stereocenters. The minimum Gasteiger partial charge on any atom is -0.353 e. The minimum atomic E-state index is 0.0657. The van der Waals surface area contributed by atoms with Gasteiger partial charge < -0.3 is 14.4 Å². The van der Waals surface area contributed by atoms with Crippen LogP contribution in [0.4, 0.5) is 0 Å². The van der Waals surface area contributed by atoms with Crippen LogP contribution in [0.3, 0.4) is 0 Å². The zero-order chi connectivity index (χ0) is 10.5. The van der Waals surface area contributed by atoms with Crippen LogP contribution < -0.4 is 0 Å². The molecule has 2 saturated heterocycles. The number of nitrogens with zero attached hydrogens (tertiary/aromatic N) is 1. The lowest BCUT2D eigenvalue weighted by Crippen LogP contribution is -2.37. The maximum Gasteiger partial charge on any atom is 0.158 e. The van der Waals surface area contributed by atoms with Crippen molar-refractivity contribution in [3.05, 3.63) is 0 Å². The molecular weight excluding hydrogens is 190 g/mol. The fourth-order valence-corrected chi connectivity index (χ4v) is 2.48. The summed E-state index contributed by atoms with van der Waals surface area (Å²) in [6.07, 6.45) is 4.90. The van der Waals surface area contributed by atoms with Crippen molar-refractivity contribution >= 4 is 0 Å². The van der Waals surface area contributed by atoms with Crippen molar-refractivity contribution in [1.82, 2.24) is 4.90 Å². The molecule has 88 valence electrons. The van der Waals surface area contributed by atoms with Crippen molar-refractivity contribution < 1.29 is 9.47 Å². The Morgan fingerprint density at radius 1 is 1.20 bits per heavy atom. The highest BCUT2D eigenvalue weighted by molar-refractivity contribution is 4.70. The standard InChI is InChI=1S/C12H23NO2/c1-11-4-2-6-13(10-11)7-5-12-14-8-3-9-15-12/h11-12H,2-10H2,1H3. The van der Waals surface area contributed by atoms with E-state index in [0.29, 0.717) is 0 Å². The van der Waals surface area contributed by atoms with Gasteiger partial charge in [-0.2, -0.15) is 0 Å². The average molecular weight is 213 g/mol. The van der Waals surface area contributed by atoms with Crippen molar-refractivity contribution in [3.63, 3.8) is 0 Å². The van der Waals surface area contributed by atoms with Crippen LogP contribution in [-0.4, -0.2) is 44.0 Å². The summed E-state index contributed by atoms with van der Waals surface area (Å²) in [5.41, 5.74) is 0. The van der Waals surface area contributed by atoms with Gasteiger partial charge in [0.2, 0.25) is 0 Å². The lowest BCUT2D eigenvalue weighted by Gasteiger charge is -2.32. The summed E-state index contributed by atoms with van der Waals surface area (Å²) < 4.78 is 11.1. The first-order chi connectivity index (χ1) is 7.34. The number of likely N-dealkylation sites (tertiary alicyclic amines) is 1. The fraction of sp³-hybridized carbons (Fsp3) is 1.00.